The van der Waals surface area contributed by atoms with Crippen LogP contribution in [0.5, 0.6) is 5.75 Å². The Balaban J connectivity index is 1.98. The van der Waals surface area contributed by atoms with Crippen molar-refractivity contribution in [3.05, 3.63) is 24.0 Å². The Bertz CT molecular complexity index is 476. The summed E-state index contributed by atoms with van der Waals surface area (Å²) in [5.41, 5.74) is 0.389. The first kappa shape index (κ1) is 15.8. The van der Waals surface area contributed by atoms with Gasteiger partial charge < -0.3 is 20.1 Å². The van der Waals surface area contributed by atoms with Crippen molar-refractivity contribution in [2.24, 2.45) is 0 Å². The largest absolute Gasteiger partial charge is 0.490 e. The molecule has 0 radical (unpaired) electrons. The molecule has 1 atom stereocenters. The van der Waals surface area contributed by atoms with E-state index in [1.165, 1.54) is 12.1 Å². The molecule has 4 nitrogen and oxygen atoms in total. The predicted molar refractivity (Wildman–Crippen MR) is 69.0 cm³/mol. The maximum Gasteiger partial charge on any atom is 0.417 e. The zero-order chi connectivity index (χ0) is 15.5. The molecule has 1 aliphatic rings. The average molecular weight is 308 g/mol. The van der Waals surface area contributed by atoms with Crippen LogP contribution in [0, 0.1) is 5.82 Å². The first-order chi connectivity index (χ1) is 9.88. The lowest BCUT2D eigenvalue weighted by Gasteiger charge is -2.29. The van der Waals surface area contributed by atoms with Gasteiger partial charge in [0, 0.05) is 32.2 Å². The number of halogens is 4. The van der Waals surface area contributed by atoms with Crippen LogP contribution in [0.15, 0.2) is 18.2 Å². The number of aliphatic hydroxyl groups excluding tert-OH is 1. The van der Waals surface area contributed by atoms with Gasteiger partial charge in [-0.3, -0.25) is 0 Å². The smallest absolute Gasteiger partial charge is 0.417 e. The van der Waals surface area contributed by atoms with Gasteiger partial charge in [-0.25, -0.2) is 4.39 Å². The van der Waals surface area contributed by atoms with E-state index in [2.05, 4.69) is 5.32 Å². The van der Waals surface area contributed by atoms with E-state index >= 15 is 0 Å². The Morgan fingerprint density at radius 2 is 1.95 bits per heavy atom. The summed E-state index contributed by atoms with van der Waals surface area (Å²) >= 11 is 0. The van der Waals surface area contributed by atoms with Gasteiger partial charge in [-0.05, 0) is 12.1 Å². The molecule has 2 rings (SSSR count). The van der Waals surface area contributed by atoms with Gasteiger partial charge in [0.05, 0.1) is 5.69 Å². The Kier molecular flexibility index (Phi) is 4.89. The fraction of sp³-hybridized carbons (Fsp3) is 0.538. The van der Waals surface area contributed by atoms with Crippen LogP contribution in [0.25, 0.3) is 0 Å². The molecule has 1 aromatic carbocycles. The van der Waals surface area contributed by atoms with Gasteiger partial charge in [-0.15, -0.1) is 0 Å². The normalized spacial score (nSPS) is 17.7. The zero-order valence-corrected chi connectivity index (χ0v) is 11.2. The summed E-state index contributed by atoms with van der Waals surface area (Å²) in [6, 6.07) is 3.89. The number of nitrogens with zero attached hydrogens (tertiary/aromatic N) is 1. The molecule has 1 aromatic rings. The van der Waals surface area contributed by atoms with Crippen LogP contribution in [0.2, 0.25) is 0 Å². The molecule has 1 saturated heterocycles. The van der Waals surface area contributed by atoms with Crippen molar-refractivity contribution in [3.63, 3.8) is 0 Å². The highest BCUT2D eigenvalue weighted by molar-refractivity contribution is 5.51. The molecular formula is C13H16F4N2O2. The van der Waals surface area contributed by atoms with E-state index in [4.69, 9.17) is 9.84 Å². The lowest BCUT2D eigenvalue weighted by atomic mass is 10.2. The average Bonchev–Trinajstić information content (AvgIpc) is 2.44. The number of hydrogen-bond acceptors (Lipinski definition) is 4. The van der Waals surface area contributed by atoms with Gasteiger partial charge in [0.2, 0.25) is 0 Å². The van der Waals surface area contributed by atoms with E-state index in [9.17, 15) is 17.6 Å². The summed E-state index contributed by atoms with van der Waals surface area (Å²) in [6.07, 6.45) is -7.34. The number of nitrogens with one attached hydrogen (secondary N) is 1. The van der Waals surface area contributed by atoms with Crippen LogP contribution >= 0.6 is 0 Å². The molecule has 0 bridgehead atoms. The van der Waals surface area contributed by atoms with Crippen LogP contribution in [0.4, 0.5) is 23.2 Å². The third-order valence-corrected chi connectivity index (χ3v) is 3.16. The molecular weight excluding hydrogens is 292 g/mol. The second-order valence-electron chi connectivity index (χ2n) is 4.72. The summed E-state index contributed by atoms with van der Waals surface area (Å²) in [4.78, 5) is 1.85. The van der Waals surface area contributed by atoms with Gasteiger partial charge in [0.25, 0.3) is 0 Å². The van der Waals surface area contributed by atoms with E-state index in [0.717, 1.165) is 19.2 Å². The molecule has 0 aromatic heterocycles. The van der Waals surface area contributed by atoms with Crippen LogP contribution in [-0.2, 0) is 0 Å². The topological polar surface area (TPSA) is 44.7 Å². The van der Waals surface area contributed by atoms with Crippen LogP contribution in [-0.4, -0.2) is 50.2 Å². The number of anilines is 1. The molecule has 1 heterocycles. The summed E-state index contributed by atoms with van der Waals surface area (Å²) in [5, 5.41) is 12.0. The third-order valence-electron chi connectivity index (χ3n) is 3.16. The number of hydrogen-bond donors (Lipinski definition) is 2. The maximum atomic E-state index is 14.0. The molecule has 21 heavy (non-hydrogen) atoms. The van der Waals surface area contributed by atoms with Crippen molar-refractivity contribution in [2.45, 2.75) is 12.3 Å². The quantitative estimate of drug-likeness (QED) is 0.828. The monoisotopic (exact) mass is 308 g/mol. The molecule has 1 fully saturated rings. The van der Waals surface area contributed by atoms with Gasteiger partial charge in [-0.2, -0.15) is 13.2 Å². The molecule has 8 heteroatoms. The maximum absolute atomic E-state index is 14.0. The summed E-state index contributed by atoms with van der Waals surface area (Å²) in [7, 11) is 0. The van der Waals surface area contributed by atoms with E-state index < -0.39 is 24.7 Å². The molecule has 0 aliphatic carbocycles. The molecule has 0 spiro atoms. The van der Waals surface area contributed by atoms with E-state index in [-0.39, 0.29) is 5.75 Å². The number of alkyl halides is 3. The van der Waals surface area contributed by atoms with Gasteiger partial charge in [-0.1, -0.05) is 0 Å². The van der Waals surface area contributed by atoms with Crippen molar-refractivity contribution >= 4 is 5.69 Å². The lowest BCUT2D eigenvalue weighted by Crippen LogP contribution is -2.43. The second kappa shape index (κ2) is 6.48. The van der Waals surface area contributed by atoms with Crippen LogP contribution in [0.3, 0.4) is 0 Å². The van der Waals surface area contributed by atoms with Crippen molar-refractivity contribution < 1.29 is 27.4 Å². The molecule has 118 valence electrons. The fourth-order valence-electron chi connectivity index (χ4n) is 2.01. The number of aliphatic hydroxyl groups is 1. The standard InChI is InChI=1S/C13H16F4N2O2/c14-10-7-9(21-8-12(20)13(15,16)17)1-2-11(10)19-5-3-18-4-6-19/h1-2,7,12,18,20H,3-6,8H2. The van der Waals surface area contributed by atoms with Gasteiger partial charge >= 0.3 is 6.18 Å². The Labute approximate surface area is 119 Å². The number of rotatable bonds is 4. The third kappa shape index (κ3) is 4.21. The molecule has 0 amide bonds. The minimum Gasteiger partial charge on any atom is -0.490 e. The Morgan fingerprint density at radius 1 is 1.29 bits per heavy atom. The van der Waals surface area contributed by atoms with Gasteiger partial charge in [0.1, 0.15) is 18.2 Å². The van der Waals surface area contributed by atoms with Crippen LogP contribution < -0.4 is 15.0 Å². The second-order valence-corrected chi connectivity index (χ2v) is 4.72. The molecule has 1 aliphatic heterocycles. The first-order valence-corrected chi connectivity index (χ1v) is 6.51. The summed E-state index contributed by atoms with van der Waals surface area (Å²) < 4.78 is 55.1. The fourth-order valence-corrected chi connectivity index (χ4v) is 2.01. The minimum atomic E-state index is -4.75. The van der Waals surface area contributed by atoms with Gasteiger partial charge in [0.15, 0.2) is 6.10 Å². The van der Waals surface area contributed by atoms with E-state index in [0.29, 0.717) is 18.8 Å². The van der Waals surface area contributed by atoms with Crippen LogP contribution in [0.1, 0.15) is 0 Å². The SMILES string of the molecule is OC(COc1ccc(N2CCNCC2)c(F)c1)C(F)(F)F. The Morgan fingerprint density at radius 3 is 2.52 bits per heavy atom. The highest BCUT2D eigenvalue weighted by Crippen LogP contribution is 2.26. The predicted octanol–water partition coefficient (Wildman–Crippen LogP) is 1.54. The number of benzene rings is 1. The minimum absolute atomic E-state index is 0.0466. The van der Waals surface area contributed by atoms with Crippen molar-refractivity contribution in [1.82, 2.24) is 5.32 Å². The highest BCUT2D eigenvalue weighted by atomic mass is 19.4. The van der Waals surface area contributed by atoms with Crippen molar-refractivity contribution in [2.75, 3.05) is 37.7 Å². The molecule has 0 saturated carbocycles. The highest BCUT2D eigenvalue weighted by Gasteiger charge is 2.38. The van der Waals surface area contributed by atoms with Crippen molar-refractivity contribution in [3.8, 4) is 5.75 Å². The Hall–Kier alpha value is -1.54. The molecule has 2 N–H and O–H groups in total. The molecule has 1 unspecified atom stereocenters. The van der Waals surface area contributed by atoms with Crippen molar-refractivity contribution in [1.29, 1.82) is 0 Å². The number of ether oxygens (including phenoxy) is 1. The zero-order valence-electron chi connectivity index (χ0n) is 11.2. The van der Waals surface area contributed by atoms with E-state index in [1.807, 2.05) is 4.90 Å². The number of piperazine rings is 1. The summed E-state index contributed by atoms with van der Waals surface area (Å²) in [6.45, 7) is 1.84. The summed E-state index contributed by atoms with van der Waals surface area (Å²) in [5.74, 6) is -0.606. The van der Waals surface area contributed by atoms with E-state index in [1.54, 1.807) is 0 Å². The first-order valence-electron chi connectivity index (χ1n) is 6.51. The lowest BCUT2D eigenvalue weighted by molar-refractivity contribution is -0.210.